The lowest BCUT2D eigenvalue weighted by atomic mass is 10.0. The molecule has 2 N–H and O–H groups in total. The predicted octanol–water partition coefficient (Wildman–Crippen LogP) is 3.74. The Bertz CT molecular complexity index is 1060. The van der Waals surface area contributed by atoms with Crippen molar-refractivity contribution in [1.29, 1.82) is 0 Å². The fraction of sp³-hybridized carbons (Fsp3) is 0.292. The molecule has 6 heteroatoms. The van der Waals surface area contributed by atoms with E-state index in [4.69, 9.17) is 6.42 Å². The van der Waals surface area contributed by atoms with Gasteiger partial charge in [0.1, 0.15) is 0 Å². The largest absolute Gasteiger partial charge is 0.493 e. The molecule has 154 valence electrons. The molecule has 0 radical (unpaired) electrons. The Kier molecular flexibility index (Phi) is 6.53. The van der Waals surface area contributed by atoms with Gasteiger partial charge in [-0.1, -0.05) is 37.5 Å². The van der Waals surface area contributed by atoms with Crippen LogP contribution in [-0.2, 0) is 6.42 Å². The second-order valence-corrected chi connectivity index (χ2v) is 7.74. The SMILES string of the molecule is C#CC1=CCC(C)=C(Cc2cnn(-c3ccc(C(=O)NCC(C)C)cn3)c2O)C=C1. The molecular weight excluding hydrogens is 376 g/mol. The van der Waals surface area contributed by atoms with Gasteiger partial charge in [0, 0.05) is 30.3 Å². The number of terminal acetylenes is 1. The number of carbonyl (C=O) groups excluding carboxylic acids is 1. The van der Waals surface area contributed by atoms with E-state index in [2.05, 4.69) is 28.2 Å². The van der Waals surface area contributed by atoms with Crippen LogP contribution < -0.4 is 5.32 Å². The van der Waals surface area contributed by atoms with Gasteiger partial charge in [0.05, 0.1) is 11.8 Å². The summed E-state index contributed by atoms with van der Waals surface area (Å²) < 4.78 is 1.37. The zero-order valence-electron chi connectivity index (χ0n) is 17.5. The van der Waals surface area contributed by atoms with E-state index in [1.165, 1.54) is 16.5 Å². The summed E-state index contributed by atoms with van der Waals surface area (Å²) in [4.78, 5) is 16.4. The standard InChI is InChI=1S/C24H26N4O2/c1-5-18-7-6-17(4)19(9-8-18)12-21-15-27-28(24(21)30)22-11-10-20(14-25-22)23(29)26-13-16(2)3/h1,7-11,14-16,30H,6,12-13H2,2-4H3,(H,26,29). The van der Waals surface area contributed by atoms with Crippen molar-refractivity contribution in [2.45, 2.75) is 33.6 Å². The zero-order chi connectivity index (χ0) is 21.7. The molecule has 2 aromatic heterocycles. The van der Waals surface area contributed by atoms with Crippen molar-refractivity contribution in [2.24, 2.45) is 5.92 Å². The molecule has 0 bridgehead atoms. The predicted molar refractivity (Wildman–Crippen MR) is 117 cm³/mol. The van der Waals surface area contributed by atoms with Gasteiger partial charge in [-0.15, -0.1) is 6.42 Å². The lowest BCUT2D eigenvalue weighted by molar-refractivity contribution is 0.0948. The van der Waals surface area contributed by atoms with Crippen LogP contribution in [0.2, 0.25) is 0 Å². The van der Waals surface area contributed by atoms with Crippen molar-refractivity contribution < 1.29 is 9.90 Å². The number of aromatic nitrogens is 3. The number of carbonyl (C=O) groups is 1. The lowest BCUT2D eigenvalue weighted by Crippen LogP contribution is -2.27. The van der Waals surface area contributed by atoms with Crippen LogP contribution in [0.25, 0.3) is 5.82 Å². The maximum atomic E-state index is 12.1. The number of nitrogens with one attached hydrogen (secondary N) is 1. The number of aromatic hydroxyl groups is 1. The average molecular weight is 402 g/mol. The second-order valence-electron chi connectivity index (χ2n) is 7.74. The van der Waals surface area contributed by atoms with Gasteiger partial charge in [0.25, 0.3) is 5.91 Å². The molecule has 0 aromatic carbocycles. The van der Waals surface area contributed by atoms with E-state index >= 15 is 0 Å². The van der Waals surface area contributed by atoms with Gasteiger partial charge in [-0.2, -0.15) is 9.78 Å². The van der Waals surface area contributed by atoms with Gasteiger partial charge in [0.2, 0.25) is 5.88 Å². The van der Waals surface area contributed by atoms with Crippen molar-refractivity contribution >= 4 is 5.91 Å². The van der Waals surface area contributed by atoms with E-state index in [0.29, 0.717) is 35.8 Å². The van der Waals surface area contributed by atoms with Crippen LogP contribution in [-0.4, -0.2) is 32.3 Å². The van der Waals surface area contributed by atoms with Crippen LogP contribution in [0.5, 0.6) is 5.88 Å². The number of hydrogen-bond donors (Lipinski definition) is 2. The molecule has 0 saturated carbocycles. The minimum Gasteiger partial charge on any atom is -0.493 e. The molecule has 0 atom stereocenters. The van der Waals surface area contributed by atoms with Crippen molar-refractivity contribution in [3.05, 3.63) is 70.6 Å². The minimum atomic E-state index is -0.171. The van der Waals surface area contributed by atoms with Crippen LogP contribution in [0.15, 0.2) is 59.5 Å². The lowest BCUT2D eigenvalue weighted by Gasteiger charge is -2.08. The van der Waals surface area contributed by atoms with Crippen LogP contribution in [0.1, 0.15) is 43.1 Å². The molecule has 0 fully saturated rings. The summed E-state index contributed by atoms with van der Waals surface area (Å²) in [5.41, 5.74) is 4.30. The molecule has 0 spiro atoms. The highest BCUT2D eigenvalue weighted by Crippen LogP contribution is 2.26. The molecule has 1 amide bonds. The highest BCUT2D eigenvalue weighted by atomic mass is 16.3. The van der Waals surface area contributed by atoms with Gasteiger partial charge in [-0.05, 0) is 43.0 Å². The van der Waals surface area contributed by atoms with E-state index in [-0.39, 0.29) is 11.8 Å². The molecule has 1 aliphatic carbocycles. The maximum Gasteiger partial charge on any atom is 0.252 e. The molecule has 2 aromatic rings. The Morgan fingerprint density at radius 2 is 2.13 bits per heavy atom. The van der Waals surface area contributed by atoms with Crippen LogP contribution in [0.3, 0.4) is 0 Å². The third kappa shape index (κ3) is 4.87. The van der Waals surface area contributed by atoms with Gasteiger partial charge in [-0.3, -0.25) is 4.79 Å². The number of pyridine rings is 1. The van der Waals surface area contributed by atoms with Crippen LogP contribution in [0.4, 0.5) is 0 Å². The van der Waals surface area contributed by atoms with Crippen molar-refractivity contribution in [2.75, 3.05) is 6.54 Å². The van der Waals surface area contributed by atoms with Gasteiger partial charge in [-0.25, -0.2) is 4.98 Å². The third-order valence-corrected chi connectivity index (χ3v) is 4.90. The van der Waals surface area contributed by atoms with Gasteiger partial charge in [0.15, 0.2) is 5.82 Å². The van der Waals surface area contributed by atoms with Crippen molar-refractivity contribution in [1.82, 2.24) is 20.1 Å². The Labute approximate surface area is 177 Å². The highest BCUT2D eigenvalue weighted by Gasteiger charge is 2.15. The Morgan fingerprint density at radius 3 is 2.80 bits per heavy atom. The maximum absolute atomic E-state index is 12.1. The fourth-order valence-corrected chi connectivity index (χ4v) is 3.03. The molecule has 6 nitrogen and oxygen atoms in total. The quantitative estimate of drug-likeness (QED) is 0.722. The van der Waals surface area contributed by atoms with Crippen LogP contribution >= 0.6 is 0 Å². The molecule has 30 heavy (non-hydrogen) atoms. The van der Waals surface area contributed by atoms with E-state index in [0.717, 1.165) is 17.6 Å². The number of hydrogen-bond acceptors (Lipinski definition) is 4. The summed E-state index contributed by atoms with van der Waals surface area (Å²) in [5, 5.41) is 17.8. The minimum absolute atomic E-state index is 0.0302. The summed E-state index contributed by atoms with van der Waals surface area (Å²) in [5.74, 6) is 3.33. The smallest absolute Gasteiger partial charge is 0.252 e. The molecular formula is C24H26N4O2. The van der Waals surface area contributed by atoms with Crippen molar-refractivity contribution in [3.63, 3.8) is 0 Å². The number of nitrogens with zero attached hydrogens (tertiary/aromatic N) is 3. The molecule has 2 heterocycles. The van der Waals surface area contributed by atoms with E-state index in [9.17, 15) is 9.90 Å². The molecule has 1 aliphatic rings. The Hall–Kier alpha value is -3.59. The first-order valence-corrected chi connectivity index (χ1v) is 9.93. The number of amides is 1. The zero-order valence-corrected chi connectivity index (χ0v) is 17.5. The summed E-state index contributed by atoms with van der Waals surface area (Å²) >= 11 is 0. The average Bonchev–Trinajstić information content (AvgIpc) is 3.00. The second kappa shape index (κ2) is 9.27. The van der Waals surface area contributed by atoms with Gasteiger partial charge < -0.3 is 10.4 Å². The summed E-state index contributed by atoms with van der Waals surface area (Å²) in [6, 6.07) is 3.34. The molecule has 0 saturated heterocycles. The molecule has 3 rings (SSSR count). The number of allylic oxidation sites excluding steroid dienone is 6. The fourth-order valence-electron chi connectivity index (χ4n) is 3.03. The van der Waals surface area contributed by atoms with Crippen molar-refractivity contribution in [3.8, 4) is 24.0 Å². The van der Waals surface area contributed by atoms with Gasteiger partial charge >= 0.3 is 0 Å². The highest BCUT2D eigenvalue weighted by molar-refractivity contribution is 5.93. The summed E-state index contributed by atoms with van der Waals surface area (Å²) in [6.45, 7) is 6.73. The van der Waals surface area contributed by atoms with E-state index < -0.39 is 0 Å². The first-order chi connectivity index (χ1) is 14.4. The van der Waals surface area contributed by atoms with Crippen LogP contribution in [0, 0.1) is 18.3 Å². The Morgan fingerprint density at radius 1 is 1.33 bits per heavy atom. The Balaban J connectivity index is 1.76. The molecule has 0 unspecified atom stereocenters. The topological polar surface area (TPSA) is 80.0 Å². The third-order valence-electron chi connectivity index (χ3n) is 4.90. The number of rotatable bonds is 6. The summed E-state index contributed by atoms with van der Waals surface area (Å²) in [7, 11) is 0. The normalized spacial score (nSPS) is 13.8. The monoisotopic (exact) mass is 402 g/mol. The first kappa shape index (κ1) is 21.1. The molecule has 0 aliphatic heterocycles. The first-order valence-electron chi connectivity index (χ1n) is 9.93. The van der Waals surface area contributed by atoms with E-state index in [1.54, 1.807) is 18.3 Å². The van der Waals surface area contributed by atoms with E-state index in [1.807, 2.05) is 32.1 Å². The summed E-state index contributed by atoms with van der Waals surface area (Å²) in [6.07, 6.45) is 15.9.